The van der Waals surface area contributed by atoms with Crippen LogP contribution in [0.15, 0.2) is 36.5 Å². The van der Waals surface area contributed by atoms with E-state index in [1.165, 1.54) is 0 Å². The van der Waals surface area contributed by atoms with Gasteiger partial charge >= 0.3 is 0 Å². The molecule has 0 fully saturated rings. The van der Waals surface area contributed by atoms with Gasteiger partial charge in [-0.2, -0.15) is 5.10 Å². The highest BCUT2D eigenvalue weighted by Crippen LogP contribution is 2.20. The molecule has 2 aromatic heterocycles. The van der Waals surface area contributed by atoms with Gasteiger partial charge in [0.1, 0.15) is 0 Å². The number of anilines is 1. The van der Waals surface area contributed by atoms with Crippen LogP contribution < -0.4 is 5.32 Å². The van der Waals surface area contributed by atoms with E-state index in [1.807, 2.05) is 64.2 Å². The molecular formula is C18H20N4O. The Morgan fingerprint density at radius 3 is 2.70 bits per heavy atom. The number of carbonyl (C=O) groups is 1. The summed E-state index contributed by atoms with van der Waals surface area (Å²) in [5.41, 5.74) is 4.09. The van der Waals surface area contributed by atoms with E-state index in [9.17, 15) is 4.79 Å². The van der Waals surface area contributed by atoms with Crippen molar-refractivity contribution in [3.05, 3.63) is 59.0 Å². The van der Waals surface area contributed by atoms with E-state index in [2.05, 4.69) is 15.4 Å². The molecular weight excluding hydrogens is 288 g/mol. The van der Waals surface area contributed by atoms with Gasteiger partial charge in [-0.25, -0.2) is 9.50 Å². The predicted octanol–water partition coefficient (Wildman–Crippen LogP) is 3.72. The van der Waals surface area contributed by atoms with Crippen molar-refractivity contribution in [2.75, 3.05) is 5.32 Å². The van der Waals surface area contributed by atoms with E-state index in [-0.39, 0.29) is 11.8 Å². The number of fused-ring (bicyclic) bond motifs is 1. The van der Waals surface area contributed by atoms with E-state index in [0.717, 1.165) is 17.0 Å². The second-order valence-electron chi connectivity index (χ2n) is 6.09. The molecule has 1 N–H and O–H groups in total. The number of benzene rings is 1. The summed E-state index contributed by atoms with van der Waals surface area (Å²) in [5.74, 6) is 0.862. The molecule has 1 aromatic carbocycles. The number of pyridine rings is 1. The topological polar surface area (TPSA) is 59.3 Å². The summed E-state index contributed by atoms with van der Waals surface area (Å²) in [7, 11) is 0. The van der Waals surface area contributed by atoms with Crippen LogP contribution in [0.5, 0.6) is 0 Å². The normalized spacial score (nSPS) is 11.2. The molecule has 0 saturated carbocycles. The lowest BCUT2D eigenvalue weighted by molar-refractivity contribution is 0.102. The maximum Gasteiger partial charge on any atom is 0.256 e. The van der Waals surface area contributed by atoms with Crippen LogP contribution in [0.4, 0.5) is 5.69 Å². The third-order valence-corrected chi connectivity index (χ3v) is 3.77. The molecule has 0 aliphatic heterocycles. The van der Waals surface area contributed by atoms with E-state index in [4.69, 9.17) is 0 Å². The highest BCUT2D eigenvalue weighted by Gasteiger charge is 2.14. The van der Waals surface area contributed by atoms with Gasteiger partial charge in [-0.05, 0) is 37.6 Å². The van der Waals surface area contributed by atoms with Gasteiger partial charge in [-0.15, -0.1) is 0 Å². The number of hydrogen-bond donors (Lipinski definition) is 1. The number of hydrogen-bond acceptors (Lipinski definition) is 3. The highest BCUT2D eigenvalue weighted by atomic mass is 16.1. The Hall–Kier alpha value is -2.69. The number of nitrogens with one attached hydrogen (secondary N) is 1. The van der Waals surface area contributed by atoms with Crippen molar-refractivity contribution in [1.82, 2.24) is 14.6 Å². The van der Waals surface area contributed by atoms with E-state index >= 15 is 0 Å². The molecule has 3 aromatic rings. The first kappa shape index (κ1) is 15.2. The first-order chi connectivity index (χ1) is 11.0. The lowest BCUT2D eigenvalue weighted by Crippen LogP contribution is -2.14. The maximum atomic E-state index is 12.6. The zero-order valence-electron chi connectivity index (χ0n) is 13.8. The monoisotopic (exact) mass is 308 g/mol. The molecule has 0 aliphatic rings. The van der Waals surface area contributed by atoms with Gasteiger partial charge in [0.25, 0.3) is 5.91 Å². The van der Waals surface area contributed by atoms with Gasteiger partial charge < -0.3 is 5.32 Å². The molecule has 118 valence electrons. The predicted molar refractivity (Wildman–Crippen MR) is 90.9 cm³/mol. The Balaban J connectivity index is 1.96. The molecule has 0 unspecified atom stereocenters. The average Bonchev–Trinajstić information content (AvgIpc) is 2.92. The number of aryl methyl sites for hydroxylation is 2. The fraction of sp³-hybridized carbons (Fsp3) is 0.278. The summed E-state index contributed by atoms with van der Waals surface area (Å²) in [6, 6.07) is 9.49. The number of aromatic nitrogens is 3. The third-order valence-electron chi connectivity index (χ3n) is 3.77. The van der Waals surface area contributed by atoms with Crippen LogP contribution in [0.25, 0.3) is 5.65 Å². The van der Waals surface area contributed by atoms with Gasteiger partial charge in [0.15, 0.2) is 11.5 Å². The first-order valence-corrected chi connectivity index (χ1v) is 7.69. The minimum Gasteiger partial charge on any atom is -0.319 e. The van der Waals surface area contributed by atoms with Crippen LogP contribution in [-0.2, 0) is 0 Å². The molecule has 0 bridgehead atoms. The van der Waals surface area contributed by atoms with Gasteiger partial charge in [0, 0.05) is 17.7 Å². The highest BCUT2D eigenvalue weighted by molar-refractivity contribution is 6.06. The quantitative estimate of drug-likeness (QED) is 0.802. The average molecular weight is 308 g/mol. The molecule has 5 nitrogen and oxygen atoms in total. The molecule has 2 heterocycles. The second kappa shape index (κ2) is 5.83. The Labute approximate surface area is 135 Å². The lowest BCUT2D eigenvalue weighted by Gasteiger charge is -2.09. The minimum absolute atomic E-state index is 0.135. The molecule has 3 rings (SSSR count). The number of amides is 1. The zero-order chi connectivity index (χ0) is 16.6. The standard InChI is InChI=1S/C18H20N4O/c1-11(2)16-20-17-15(6-5-9-22(17)21-16)19-18(23)14-8-7-12(3)10-13(14)4/h5-11H,1-4H3,(H,19,23). The summed E-state index contributed by atoms with van der Waals surface area (Å²) in [6.07, 6.45) is 1.83. The Morgan fingerprint density at radius 2 is 2.00 bits per heavy atom. The fourth-order valence-electron chi connectivity index (χ4n) is 2.52. The van der Waals surface area contributed by atoms with Crippen molar-refractivity contribution in [2.24, 2.45) is 0 Å². The summed E-state index contributed by atoms with van der Waals surface area (Å²) < 4.78 is 1.70. The van der Waals surface area contributed by atoms with Crippen molar-refractivity contribution in [2.45, 2.75) is 33.6 Å². The number of rotatable bonds is 3. The molecule has 1 amide bonds. The van der Waals surface area contributed by atoms with Gasteiger partial charge in [0.2, 0.25) is 0 Å². The minimum atomic E-state index is -0.135. The van der Waals surface area contributed by atoms with E-state index < -0.39 is 0 Å². The smallest absolute Gasteiger partial charge is 0.256 e. The molecule has 5 heteroatoms. The molecule has 23 heavy (non-hydrogen) atoms. The van der Waals surface area contributed by atoms with Gasteiger partial charge in [-0.3, -0.25) is 4.79 Å². The lowest BCUT2D eigenvalue weighted by atomic mass is 10.1. The summed E-state index contributed by atoms with van der Waals surface area (Å²) in [6.45, 7) is 8.04. The van der Waals surface area contributed by atoms with E-state index in [1.54, 1.807) is 4.52 Å². The van der Waals surface area contributed by atoms with Crippen molar-refractivity contribution >= 4 is 17.2 Å². The fourth-order valence-corrected chi connectivity index (χ4v) is 2.52. The summed E-state index contributed by atoms with van der Waals surface area (Å²) in [4.78, 5) is 17.1. The Kier molecular flexibility index (Phi) is 3.86. The van der Waals surface area contributed by atoms with Crippen molar-refractivity contribution in [3.63, 3.8) is 0 Å². The van der Waals surface area contributed by atoms with E-state index in [0.29, 0.717) is 16.9 Å². The largest absolute Gasteiger partial charge is 0.319 e. The summed E-state index contributed by atoms with van der Waals surface area (Å²) >= 11 is 0. The van der Waals surface area contributed by atoms with Crippen LogP contribution in [0.1, 0.15) is 47.1 Å². The molecule has 0 aliphatic carbocycles. The number of carbonyl (C=O) groups excluding carboxylic acids is 1. The van der Waals surface area contributed by atoms with Crippen molar-refractivity contribution in [1.29, 1.82) is 0 Å². The first-order valence-electron chi connectivity index (χ1n) is 7.69. The third kappa shape index (κ3) is 2.95. The van der Waals surface area contributed by atoms with Crippen LogP contribution in [0.2, 0.25) is 0 Å². The maximum absolute atomic E-state index is 12.6. The van der Waals surface area contributed by atoms with Crippen LogP contribution in [0.3, 0.4) is 0 Å². The van der Waals surface area contributed by atoms with Gasteiger partial charge in [-0.1, -0.05) is 31.5 Å². The van der Waals surface area contributed by atoms with Crippen LogP contribution >= 0.6 is 0 Å². The zero-order valence-corrected chi connectivity index (χ0v) is 13.8. The summed E-state index contributed by atoms with van der Waals surface area (Å²) in [5, 5.41) is 7.39. The van der Waals surface area contributed by atoms with Crippen molar-refractivity contribution < 1.29 is 4.79 Å². The van der Waals surface area contributed by atoms with Gasteiger partial charge in [0.05, 0.1) is 5.69 Å². The van der Waals surface area contributed by atoms with Crippen molar-refractivity contribution in [3.8, 4) is 0 Å². The SMILES string of the molecule is Cc1ccc(C(=O)Nc2cccn3nc(C(C)C)nc23)c(C)c1. The molecule has 0 saturated heterocycles. The molecule has 0 spiro atoms. The molecule has 0 atom stereocenters. The second-order valence-corrected chi connectivity index (χ2v) is 6.09. The van der Waals surface area contributed by atoms with Crippen LogP contribution in [0, 0.1) is 13.8 Å². The molecule has 0 radical (unpaired) electrons. The number of nitrogens with zero attached hydrogens (tertiary/aromatic N) is 3. The van der Waals surface area contributed by atoms with Crippen LogP contribution in [-0.4, -0.2) is 20.5 Å². The Morgan fingerprint density at radius 1 is 1.22 bits per heavy atom. The Bertz CT molecular complexity index is 880.